The third-order valence-corrected chi connectivity index (χ3v) is 1.75. The van der Waals surface area contributed by atoms with E-state index in [0.29, 0.717) is 6.10 Å². The number of aliphatic hydroxyl groups excluding tert-OH is 1. The molecule has 0 bridgehead atoms. The highest BCUT2D eigenvalue weighted by Gasteiger charge is 2.13. The van der Waals surface area contributed by atoms with Crippen molar-refractivity contribution in [1.82, 2.24) is 0 Å². The van der Waals surface area contributed by atoms with Crippen LogP contribution in [0, 0.1) is 5.92 Å². The van der Waals surface area contributed by atoms with Crippen molar-refractivity contribution in [2.75, 3.05) is 13.7 Å². The first-order chi connectivity index (χ1) is 5.79. The highest BCUT2D eigenvalue weighted by molar-refractivity contribution is 4.63. The predicted octanol–water partition coefficient (Wildman–Crippen LogP) is 2.46. The fraction of sp³-hybridized carbons (Fsp3) is 1.00. The lowest BCUT2D eigenvalue weighted by Crippen LogP contribution is -2.20. The van der Waals surface area contributed by atoms with Crippen LogP contribution in [-0.4, -0.2) is 24.9 Å². The van der Waals surface area contributed by atoms with Crippen molar-refractivity contribution in [2.24, 2.45) is 5.92 Å². The van der Waals surface area contributed by atoms with Crippen LogP contribution in [0.5, 0.6) is 0 Å². The maximum Gasteiger partial charge on any atom is 0.0549 e. The molecule has 2 heteroatoms. The summed E-state index contributed by atoms with van der Waals surface area (Å²) < 4.78 is 5.35. The molecule has 12 heavy (non-hydrogen) atoms. The summed E-state index contributed by atoms with van der Waals surface area (Å²) in [5.41, 5.74) is 0. The summed E-state index contributed by atoms with van der Waals surface area (Å²) in [5.74, 6) is 0.888. The molecule has 2 nitrogen and oxygen atoms in total. The van der Waals surface area contributed by atoms with Crippen molar-refractivity contribution < 1.29 is 9.84 Å². The Morgan fingerprint density at radius 3 is 1.92 bits per heavy atom. The second kappa shape index (κ2) is 10.9. The minimum atomic E-state index is 0.513. The molecule has 1 rings (SSSR count). The van der Waals surface area contributed by atoms with Crippen LogP contribution in [0.25, 0.3) is 0 Å². The second-order valence-corrected chi connectivity index (χ2v) is 2.81. The van der Waals surface area contributed by atoms with Gasteiger partial charge in [-0.1, -0.05) is 20.8 Å². The van der Waals surface area contributed by atoms with Gasteiger partial charge in [0.15, 0.2) is 0 Å². The average molecular weight is 176 g/mol. The molecular formula is C10H24O2. The van der Waals surface area contributed by atoms with Gasteiger partial charge in [-0.15, -0.1) is 0 Å². The van der Waals surface area contributed by atoms with Gasteiger partial charge in [0.25, 0.3) is 0 Å². The summed E-state index contributed by atoms with van der Waals surface area (Å²) in [6, 6.07) is 0. The van der Waals surface area contributed by atoms with Crippen molar-refractivity contribution >= 4 is 0 Å². The van der Waals surface area contributed by atoms with E-state index in [1.54, 1.807) is 0 Å². The Morgan fingerprint density at radius 1 is 1.17 bits per heavy atom. The molecule has 1 N–H and O–H groups in total. The van der Waals surface area contributed by atoms with E-state index in [9.17, 15) is 0 Å². The van der Waals surface area contributed by atoms with Crippen molar-refractivity contribution in [3.63, 3.8) is 0 Å². The van der Waals surface area contributed by atoms with E-state index in [4.69, 9.17) is 9.84 Å². The Balaban J connectivity index is 0. The summed E-state index contributed by atoms with van der Waals surface area (Å²) in [5, 5.41) is 7.00. The molecule has 0 aromatic rings. The van der Waals surface area contributed by atoms with E-state index >= 15 is 0 Å². The van der Waals surface area contributed by atoms with Gasteiger partial charge in [-0.3, -0.25) is 0 Å². The molecule has 1 saturated heterocycles. The summed E-state index contributed by atoms with van der Waals surface area (Å²) in [4.78, 5) is 0. The fourth-order valence-electron chi connectivity index (χ4n) is 1.22. The molecule has 0 spiro atoms. The van der Waals surface area contributed by atoms with Gasteiger partial charge < -0.3 is 9.84 Å². The monoisotopic (exact) mass is 176 g/mol. The molecule has 76 valence electrons. The highest BCUT2D eigenvalue weighted by atomic mass is 16.5. The lowest BCUT2D eigenvalue weighted by atomic mass is 9.99. The molecule has 0 radical (unpaired) electrons. The Morgan fingerprint density at radius 2 is 1.67 bits per heavy atom. The third-order valence-electron chi connectivity index (χ3n) is 1.75. The molecule has 1 aliphatic heterocycles. The van der Waals surface area contributed by atoms with Gasteiger partial charge in [-0.05, 0) is 25.7 Å². The summed E-state index contributed by atoms with van der Waals surface area (Å²) in [6.45, 7) is 9.41. The van der Waals surface area contributed by atoms with Gasteiger partial charge in [-0.2, -0.15) is 0 Å². The van der Waals surface area contributed by atoms with Crippen LogP contribution in [0.2, 0.25) is 0 Å². The van der Waals surface area contributed by atoms with Crippen LogP contribution >= 0.6 is 0 Å². The molecule has 0 amide bonds. The summed E-state index contributed by atoms with van der Waals surface area (Å²) in [7, 11) is 1.00. The minimum absolute atomic E-state index is 0.513. The SMILES string of the molecule is CC.CC1C[C@@H](C)CCO1.CO. The van der Waals surface area contributed by atoms with E-state index in [-0.39, 0.29) is 0 Å². The topological polar surface area (TPSA) is 29.5 Å². The molecule has 0 aromatic carbocycles. The van der Waals surface area contributed by atoms with Crippen LogP contribution in [0.3, 0.4) is 0 Å². The van der Waals surface area contributed by atoms with E-state index in [1.165, 1.54) is 12.8 Å². The zero-order valence-corrected chi connectivity index (χ0v) is 9.13. The van der Waals surface area contributed by atoms with Crippen molar-refractivity contribution in [2.45, 2.75) is 46.6 Å². The Kier molecular flexibility index (Phi) is 13.1. The first-order valence-electron chi connectivity index (χ1n) is 4.85. The molecule has 1 heterocycles. The zero-order valence-electron chi connectivity index (χ0n) is 9.13. The van der Waals surface area contributed by atoms with E-state index in [2.05, 4.69) is 13.8 Å². The van der Waals surface area contributed by atoms with Crippen LogP contribution in [-0.2, 0) is 4.74 Å². The molecule has 0 aliphatic carbocycles. The number of hydrogen-bond donors (Lipinski definition) is 1. The highest BCUT2D eigenvalue weighted by Crippen LogP contribution is 2.18. The lowest BCUT2D eigenvalue weighted by Gasteiger charge is -2.23. The van der Waals surface area contributed by atoms with E-state index < -0.39 is 0 Å². The first kappa shape index (κ1) is 14.4. The molecule has 0 aromatic heterocycles. The summed E-state index contributed by atoms with van der Waals surface area (Å²) >= 11 is 0. The van der Waals surface area contributed by atoms with Crippen LogP contribution in [0.1, 0.15) is 40.5 Å². The van der Waals surface area contributed by atoms with Crippen LogP contribution in [0.4, 0.5) is 0 Å². The molecular weight excluding hydrogens is 152 g/mol. The van der Waals surface area contributed by atoms with E-state index in [0.717, 1.165) is 19.6 Å². The molecule has 1 unspecified atom stereocenters. The third kappa shape index (κ3) is 8.02. The van der Waals surface area contributed by atoms with Gasteiger partial charge in [0.1, 0.15) is 0 Å². The fourth-order valence-corrected chi connectivity index (χ4v) is 1.22. The smallest absolute Gasteiger partial charge is 0.0549 e. The number of ether oxygens (including phenoxy) is 1. The van der Waals surface area contributed by atoms with Crippen LogP contribution < -0.4 is 0 Å². The Labute approximate surface area is 76.9 Å². The average Bonchev–Trinajstić information content (AvgIpc) is 2.11. The van der Waals surface area contributed by atoms with Crippen LogP contribution in [0.15, 0.2) is 0 Å². The van der Waals surface area contributed by atoms with Gasteiger partial charge in [0, 0.05) is 13.7 Å². The van der Waals surface area contributed by atoms with Crippen molar-refractivity contribution in [1.29, 1.82) is 0 Å². The maximum atomic E-state index is 7.00. The molecule has 1 aliphatic rings. The Hall–Kier alpha value is -0.0800. The molecule has 0 saturated carbocycles. The quantitative estimate of drug-likeness (QED) is 0.614. The molecule has 2 atom stereocenters. The first-order valence-corrected chi connectivity index (χ1v) is 4.85. The van der Waals surface area contributed by atoms with Gasteiger partial charge >= 0.3 is 0 Å². The van der Waals surface area contributed by atoms with Gasteiger partial charge in [0.05, 0.1) is 6.10 Å². The standard InChI is InChI=1S/C7H14O.C2H6.CH4O/c1-6-3-4-8-7(2)5-6;2*1-2/h6-7H,3-5H2,1-2H3;1-2H3;2H,1H3/t6-,7?;;/m0../s1. The second-order valence-electron chi connectivity index (χ2n) is 2.81. The van der Waals surface area contributed by atoms with E-state index in [1.807, 2.05) is 13.8 Å². The Bertz CT molecular complexity index is 66.2. The predicted molar refractivity (Wildman–Crippen MR) is 53.3 cm³/mol. The molecule has 1 fully saturated rings. The minimum Gasteiger partial charge on any atom is -0.400 e. The number of aliphatic hydroxyl groups is 1. The van der Waals surface area contributed by atoms with Gasteiger partial charge in [-0.25, -0.2) is 0 Å². The number of rotatable bonds is 0. The largest absolute Gasteiger partial charge is 0.400 e. The number of hydrogen-bond acceptors (Lipinski definition) is 2. The summed E-state index contributed by atoms with van der Waals surface area (Å²) in [6.07, 6.45) is 3.02. The van der Waals surface area contributed by atoms with Gasteiger partial charge in [0.2, 0.25) is 0 Å². The van der Waals surface area contributed by atoms with Crippen molar-refractivity contribution in [3.8, 4) is 0 Å². The zero-order chi connectivity index (χ0) is 9.98. The normalized spacial score (nSPS) is 27.5. The maximum absolute atomic E-state index is 7.00. The lowest BCUT2D eigenvalue weighted by molar-refractivity contribution is 0.00682. The van der Waals surface area contributed by atoms with Crippen molar-refractivity contribution in [3.05, 3.63) is 0 Å².